The van der Waals surface area contributed by atoms with Gasteiger partial charge in [0.2, 0.25) is 5.43 Å². The number of nitrogens with zero attached hydrogens (tertiary/aromatic N) is 3. The van der Waals surface area contributed by atoms with Gasteiger partial charge in [-0.15, -0.1) is 0 Å². The zero-order chi connectivity index (χ0) is 19.1. The van der Waals surface area contributed by atoms with Crippen molar-refractivity contribution in [1.29, 1.82) is 0 Å². The fraction of sp³-hybridized carbons (Fsp3) is 0.105. The van der Waals surface area contributed by atoms with Crippen LogP contribution in [-0.4, -0.2) is 33.7 Å². The second-order valence-corrected chi connectivity index (χ2v) is 6.65. The molecule has 0 spiro atoms. The van der Waals surface area contributed by atoms with Gasteiger partial charge in [0, 0.05) is 23.2 Å². The summed E-state index contributed by atoms with van der Waals surface area (Å²) in [4.78, 5) is 26.8. The molecule has 134 valence electrons. The van der Waals surface area contributed by atoms with E-state index >= 15 is 0 Å². The van der Waals surface area contributed by atoms with Crippen molar-refractivity contribution in [2.24, 2.45) is 5.10 Å². The Hall–Kier alpha value is -2.90. The van der Waals surface area contributed by atoms with E-state index in [1.54, 1.807) is 30.3 Å². The Morgan fingerprint density at radius 3 is 2.81 bits per heavy atom. The Kier molecular flexibility index (Phi) is 4.33. The van der Waals surface area contributed by atoms with Crippen LogP contribution >= 0.6 is 11.6 Å². The molecule has 0 saturated carbocycles. The highest BCUT2D eigenvalue weighted by atomic mass is 35.5. The molecule has 4 rings (SSSR count). The highest BCUT2D eigenvalue weighted by molar-refractivity contribution is 6.68. The molecule has 0 unspecified atom stereocenters. The van der Waals surface area contributed by atoms with E-state index in [1.807, 2.05) is 23.6 Å². The average molecular weight is 380 g/mol. The number of para-hydroxylation sites is 1. The molecule has 3 aromatic rings. The number of rotatable bonds is 2. The molecule has 0 fully saturated rings. The molecule has 0 saturated heterocycles. The van der Waals surface area contributed by atoms with Crippen molar-refractivity contribution < 1.29 is 9.82 Å². The van der Waals surface area contributed by atoms with Crippen LogP contribution in [0.15, 0.2) is 58.6 Å². The SMILES string of the molecule is CCn1cc(C(=O)N2N=Cc3cc(Cl)ccc3B2O)c(=O)c2ccccc21. The molecular weight excluding hydrogens is 364 g/mol. The average Bonchev–Trinajstić information content (AvgIpc) is 2.68. The van der Waals surface area contributed by atoms with Crippen molar-refractivity contribution in [3.05, 3.63) is 75.0 Å². The second kappa shape index (κ2) is 6.68. The lowest BCUT2D eigenvalue weighted by atomic mass is 9.69. The second-order valence-electron chi connectivity index (χ2n) is 6.22. The number of carbonyl (C=O) groups is 1. The summed E-state index contributed by atoms with van der Waals surface area (Å²) in [7, 11) is -1.30. The van der Waals surface area contributed by atoms with E-state index in [9.17, 15) is 14.6 Å². The van der Waals surface area contributed by atoms with E-state index < -0.39 is 13.0 Å². The number of halogens is 1. The fourth-order valence-electron chi connectivity index (χ4n) is 3.26. The first-order valence-electron chi connectivity index (χ1n) is 8.48. The van der Waals surface area contributed by atoms with Gasteiger partial charge in [0.25, 0.3) is 5.91 Å². The van der Waals surface area contributed by atoms with E-state index in [2.05, 4.69) is 5.10 Å². The van der Waals surface area contributed by atoms with Gasteiger partial charge in [0.05, 0.1) is 11.7 Å². The Bertz CT molecular complexity index is 1160. The largest absolute Gasteiger partial charge is 0.474 e. The van der Waals surface area contributed by atoms with Crippen molar-refractivity contribution in [1.82, 2.24) is 9.49 Å². The van der Waals surface area contributed by atoms with Gasteiger partial charge in [-0.25, -0.2) is 4.92 Å². The maximum absolute atomic E-state index is 13.0. The predicted molar refractivity (Wildman–Crippen MR) is 107 cm³/mol. The van der Waals surface area contributed by atoms with Crippen LogP contribution < -0.4 is 10.9 Å². The zero-order valence-electron chi connectivity index (χ0n) is 14.5. The number of hydrazone groups is 1. The number of hydrogen-bond donors (Lipinski definition) is 1. The van der Waals surface area contributed by atoms with Gasteiger partial charge in [-0.3, -0.25) is 9.59 Å². The van der Waals surface area contributed by atoms with Gasteiger partial charge in [0.1, 0.15) is 5.56 Å². The first-order valence-corrected chi connectivity index (χ1v) is 8.86. The van der Waals surface area contributed by atoms with Crippen molar-refractivity contribution >= 4 is 47.1 Å². The monoisotopic (exact) mass is 379 g/mol. The Morgan fingerprint density at radius 2 is 2.04 bits per heavy atom. The number of pyridine rings is 1. The Labute approximate surface area is 160 Å². The summed E-state index contributed by atoms with van der Waals surface area (Å²) in [6.07, 6.45) is 2.97. The molecule has 0 aliphatic carbocycles. The molecule has 1 N–H and O–H groups in total. The molecule has 0 atom stereocenters. The lowest BCUT2D eigenvalue weighted by molar-refractivity contribution is 0.0844. The molecule has 1 aliphatic heterocycles. The molecule has 1 amide bonds. The van der Waals surface area contributed by atoms with Gasteiger partial charge in [0.15, 0.2) is 0 Å². The van der Waals surface area contributed by atoms with E-state index in [4.69, 9.17) is 11.6 Å². The highest BCUT2D eigenvalue weighted by Crippen LogP contribution is 2.16. The first kappa shape index (κ1) is 17.5. The Balaban J connectivity index is 1.81. The van der Waals surface area contributed by atoms with Crippen LogP contribution in [0.2, 0.25) is 5.02 Å². The van der Waals surface area contributed by atoms with Crippen LogP contribution in [0.4, 0.5) is 0 Å². The summed E-state index contributed by atoms with van der Waals surface area (Å²) in [5.74, 6) is -0.655. The molecule has 0 bridgehead atoms. The number of amides is 1. The van der Waals surface area contributed by atoms with Gasteiger partial charge >= 0.3 is 7.05 Å². The van der Waals surface area contributed by atoms with Gasteiger partial charge in [-0.1, -0.05) is 29.8 Å². The van der Waals surface area contributed by atoms with E-state index in [0.717, 1.165) is 10.4 Å². The van der Waals surface area contributed by atoms with Crippen LogP contribution in [-0.2, 0) is 6.54 Å². The number of hydrogen-bond acceptors (Lipinski definition) is 4. The summed E-state index contributed by atoms with van der Waals surface area (Å²) < 4.78 is 1.83. The van der Waals surface area contributed by atoms with Gasteiger partial charge in [-0.05, 0) is 42.2 Å². The molecule has 2 heterocycles. The number of carbonyl (C=O) groups excluding carboxylic acids is 1. The first-order chi connectivity index (χ1) is 13.0. The third-order valence-electron chi connectivity index (χ3n) is 4.65. The smallest absolute Gasteiger partial charge is 0.427 e. The van der Waals surface area contributed by atoms with Crippen molar-refractivity contribution in [2.75, 3.05) is 0 Å². The topological polar surface area (TPSA) is 74.9 Å². The maximum Gasteiger partial charge on any atom is 0.474 e. The molecule has 27 heavy (non-hydrogen) atoms. The standard InChI is InChI=1S/C19H15BClN3O3/c1-2-23-11-15(18(25)14-5-3-4-6-17(14)23)19(26)24-20(27)16-8-7-13(21)9-12(16)10-22-24/h3-11,27H,2H2,1H3. The highest BCUT2D eigenvalue weighted by Gasteiger charge is 2.35. The summed E-state index contributed by atoms with van der Waals surface area (Å²) >= 11 is 5.96. The minimum absolute atomic E-state index is 0.0378. The van der Waals surface area contributed by atoms with Crippen molar-refractivity contribution in [2.45, 2.75) is 13.5 Å². The quantitative estimate of drug-likeness (QED) is 0.691. The Morgan fingerprint density at radius 1 is 1.26 bits per heavy atom. The lowest BCUT2D eigenvalue weighted by Gasteiger charge is -2.25. The summed E-state index contributed by atoms with van der Waals surface area (Å²) in [5.41, 5.74) is 1.46. The van der Waals surface area contributed by atoms with Gasteiger partial charge < -0.3 is 9.59 Å². The third kappa shape index (κ3) is 2.85. The van der Waals surface area contributed by atoms with E-state index in [0.29, 0.717) is 28.0 Å². The fourth-order valence-corrected chi connectivity index (χ4v) is 3.44. The summed E-state index contributed by atoms with van der Waals surface area (Å²) in [6.45, 7) is 2.52. The van der Waals surface area contributed by atoms with Crippen LogP contribution in [0.1, 0.15) is 22.8 Å². The van der Waals surface area contributed by atoms with Crippen LogP contribution in [0.5, 0.6) is 0 Å². The zero-order valence-corrected chi connectivity index (χ0v) is 15.2. The molecular formula is C19H15BClN3O3. The molecule has 2 aromatic carbocycles. The van der Waals surface area contributed by atoms with Crippen LogP contribution in [0.3, 0.4) is 0 Å². The summed E-state index contributed by atoms with van der Waals surface area (Å²) in [6, 6.07) is 12.0. The van der Waals surface area contributed by atoms with Crippen molar-refractivity contribution in [3.8, 4) is 0 Å². The third-order valence-corrected chi connectivity index (χ3v) is 4.88. The van der Waals surface area contributed by atoms with Crippen LogP contribution in [0, 0.1) is 0 Å². The number of aryl methyl sites for hydroxylation is 1. The number of fused-ring (bicyclic) bond motifs is 2. The number of aromatic nitrogens is 1. The normalized spacial score (nSPS) is 13.1. The molecule has 6 nitrogen and oxygen atoms in total. The maximum atomic E-state index is 13.0. The predicted octanol–water partition coefficient (Wildman–Crippen LogP) is 1.85. The van der Waals surface area contributed by atoms with Gasteiger partial charge in [-0.2, -0.15) is 5.10 Å². The molecule has 0 radical (unpaired) electrons. The molecule has 1 aromatic heterocycles. The molecule has 8 heteroatoms. The number of benzene rings is 2. The van der Waals surface area contributed by atoms with E-state index in [1.165, 1.54) is 12.4 Å². The van der Waals surface area contributed by atoms with Crippen molar-refractivity contribution in [3.63, 3.8) is 0 Å². The van der Waals surface area contributed by atoms with E-state index in [-0.39, 0.29) is 11.0 Å². The summed E-state index contributed by atoms with van der Waals surface area (Å²) in [5, 5.41) is 15.6. The lowest BCUT2D eigenvalue weighted by Crippen LogP contribution is -2.53. The molecule has 1 aliphatic rings. The minimum atomic E-state index is -1.30. The minimum Gasteiger partial charge on any atom is -0.427 e. The van der Waals surface area contributed by atoms with Crippen LogP contribution in [0.25, 0.3) is 10.9 Å².